The largest absolute Gasteiger partial charge is 0.387 e. The van der Waals surface area contributed by atoms with Crippen molar-refractivity contribution in [3.63, 3.8) is 0 Å². The van der Waals surface area contributed by atoms with E-state index in [9.17, 15) is 5.11 Å². The molecule has 0 saturated carbocycles. The lowest BCUT2D eigenvalue weighted by Gasteiger charge is -2.27. The SMILES string of the molecule is CCCC(C)(C)NCC(O)c1ccc(C#N)cc1. The Balaban J connectivity index is 2.55. The van der Waals surface area contributed by atoms with Gasteiger partial charge in [0.25, 0.3) is 0 Å². The van der Waals surface area contributed by atoms with Crippen molar-refractivity contribution in [3.05, 3.63) is 35.4 Å². The lowest BCUT2D eigenvalue weighted by Crippen LogP contribution is -2.41. The fraction of sp³-hybridized carbons (Fsp3) is 0.533. The number of β-amino-alcohol motifs (C(OH)–C–C–N with tert-alkyl or cyclic N) is 1. The van der Waals surface area contributed by atoms with Crippen LogP contribution in [-0.4, -0.2) is 17.2 Å². The summed E-state index contributed by atoms with van der Waals surface area (Å²) >= 11 is 0. The van der Waals surface area contributed by atoms with Crippen LogP contribution in [0, 0.1) is 11.3 Å². The molecule has 98 valence electrons. The highest BCUT2D eigenvalue weighted by molar-refractivity contribution is 5.32. The summed E-state index contributed by atoms with van der Waals surface area (Å²) in [5.74, 6) is 0. The molecule has 1 aromatic rings. The molecule has 0 aliphatic rings. The molecular formula is C15H22N2O. The Hall–Kier alpha value is -1.37. The maximum atomic E-state index is 10.1. The van der Waals surface area contributed by atoms with Gasteiger partial charge in [0.15, 0.2) is 0 Å². The van der Waals surface area contributed by atoms with Crippen LogP contribution < -0.4 is 5.32 Å². The number of nitriles is 1. The molecule has 2 N–H and O–H groups in total. The normalized spacial score (nSPS) is 13.1. The molecule has 0 spiro atoms. The lowest BCUT2D eigenvalue weighted by molar-refractivity contribution is 0.159. The molecule has 3 heteroatoms. The van der Waals surface area contributed by atoms with E-state index in [0.29, 0.717) is 12.1 Å². The van der Waals surface area contributed by atoms with E-state index >= 15 is 0 Å². The molecule has 0 aliphatic carbocycles. The van der Waals surface area contributed by atoms with E-state index in [1.165, 1.54) is 0 Å². The third kappa shape index (κ3) is 4.48. The van der Waals surface area contributed by atoms with Gasteiger partial charge < -0.3 is 10.4 Å². The highest BCUT2D eigenvalue weighted by Crippen LogP contribution is 2.16. The van der Waals surface area contributed by atoms with Crippen molar-refractivity contribution in [3.8, 4) is 6.07 Å². The number of rotatable bonds is 6. The van der Waals surface area contributed by atoms with Crippen LogP contribution in [0.3, 0.4) is 0 Å². The van der Waals surface area contributed by atoms with Gasteiger partial charge in [-0.05, 0) is 38.0 Å². The zero-order chi connectivity index (χ0) is 13.6. The molecular weight excluding hydrogens is 224 g/mol. The number of aliphatic hydroxyl groups is 1. The van der Waals surface area contributed by atoms with Gasteiger partial charge in [-0.25, -0.2) is 0 Å². The Morgan fingerprint density at radius 2 is 1.94 bits per heavy atom. The minimum absolute atomic E-state index is 0.0440. The second-order valence-electron chi connectivity index (χ2n) is 5.26. The molecule has 0 fully saturated rings. The summed E-state index contributed by atoms with van der Waals surface area (Å²) in [5.41, 5.74) is 1.50. The molecule has 1 aromatic carbocycles. The van der Waals surface area contributed by atoms with Gasteiger partial charge in [-0.15, -0.1) is 0 Å². The molecule has 0 amide bonds. The molecule has 0 aromatic heterocycles. The van der Waals surface area contributed by atoms with Crippen molar-refractivity contribution in [1.29, 1.82) is 5.26 Å². The van der Waals surface area contributed by atoms with Crippen LogP contribution in [0.5, 0.6) is 0 Å². The first-order valence-corrected chi connectivity index (χ1v) is 6.41. The minimum atomic E-state index is -0.533. The number of hydrogen-bond acceptors (Lipinski definition) is 3. The van der Waals surface area contributed by atoms with E-state index in [4.69, 9.17) is 5.26 Å². The fourth-order valence-electron chi connectivity index (χ4n) is 1.98. The second kappa shape index (κ2) is 6.53. The molecule has 0 bridgehead atoms. The molecule has 0 radical (unpaired) electrons. The van der Waals surface area contributed by atoms with Crippen LogP contribution in [0.25, 0.3) is 0 Å². The van der Waals surface area contributed by atoms with Crippen molar-refractivity contribution < 1.29 is 5.11 Å². The lowest BCUT2D eigenvalue weighted by atomic mass is 9.98. The van der Waals surface area contributed by atoms with Crippen LogP contribution in [0.1, 0.15) is 50.8 Å². The topological polar surface area (TPSA) is 56.0 Å². The third-order valence-electron chi connectivity index (χ3n) is 3.07. The predicted octanol–water partition coefficient (Wildman–Crippen LogP) is 2.76. The van der Waals surface area contributed by atoms with Crippen molar-refractivity contribution in [2.75, 3.05) is 6.54 Å². The number of hydrogen-bond donors (Lipinski definition) is 2. The number of aliphatic hydroxyl groups excluding tert-OH is 1. The van der Waals surface area contributed by atoms with E-state index in [2.05, 4.69) is 32.2 Å². The number of nitrogens with one attached hydrogen (secondary N) is 1. The van der Waals surface area contributed by atoms with Gasteiger partial charge in [0.1, 0.15) is 0 Å². The second-order valence-corrected chi connectivity index (χ2v) is 5.26. The summed E-state index contributed by atoms with van der Waals surface area (Å²) in [6, 6.07) is 9.14. The molecule has 1 rings (SSSR count). The summed E-state index contributed by atoms with van der Waals surface area (Å²) in [4.78, 5) is 0. The van der Waals surface area contributed by atoms with Gasteiger partial charge in [-0.3, -0.25) is 0 Å². The summed E-state index contributed by atoms with van der Waals surface area (Å²) in [6.07, 6.45) is 1.66. The van der Waals surface area contributed by atoms with Crippen LogP contribution in [0.2, 0.25) is 0 Å². The molecule has 0 aliphatic heterocycles. The van der Waals surface area contributed by atoms with E-state index in [1.807, 2.05) is 0 Å². The zero-order valence-electron chi connectivity index (χ0n) is 11.4. The highest BCUT2D eigenvalue weighted by atomic mass is 16.3. The molecule has 1 unspecified atom stereocenters. The van der Waals surface area contributed by atoms with Gasteiger partial charge in [-0.2, -0.15) is 5.26 Å². The first-order chi connectivity index (χ1) is 8.48. The van der Waals surface area contributed by atoms with Crippen molar-refractivity contribution >= 4 is 0 Å². The van der Waals surface area contributed by atoms with E-state index < -0.39 is 6.10 Å². The average Bonchev–Trinajstić information content (AvgIpc) is 2.36. The summed E-state index contributed by atoms with van der Waals surface area (Å²) in [5, 5.41) is 22.2. The van der Waals surface area contributed by atoms with Crippen LogP contribution in [0.4, 0.5) is 0 Å². The van der Waals surface area contributed by atoms with Crippen LogP contribution >= 0.6 is 0 Å². The Bertz CT molecular complexity index is 403. The number of benzene rings is 1. The summed E-state index contributed by atoms with van der Waals surface area (Å²) in [6.45, 7) is 6.96. The Morgan fingerprint density at radius 1 is 1.33 bits per heavy atom. The number of nitrogens with zero attached hydrogens (tertiary/aromatic N) is 1. The first kappa shape index (κ1) is 14.7. The minimum Gasteiger partial charge on any atom is -0.387 e. The molecule has 3 nitrogen and oxygen atoms in total. The van der Waals surface area contributed by atoms with Crippen LogP contribution in [-0.2, 0) is 0 Å². The van der Waals surface area contributed by atoms with E-state index in [1.54, 1.807) is 24.3 Å². The first-order valence-electron chi connectivity index (χ1n) is 6.41. The molecule has 0 heterocycles. The highest BCUT2D eigenvalue weighted by Gasteiger charge is 2.17. The Kier molecular flexibility index (Phi) is 5.33. The van der Waals surface area contributed by atoms with Crippen molar-refractivity contribution in [2.24, 2.45) is 0 Å². The average molecular weight is 246 g/mol. The Labute approximate surface area is 109 Å². The van der Waals surface area contributed by atoms with Gasteiger partial charge in [0.2, 0.25) is 0 Å². The predicted molar refractivity (Wildman–Crippen MR) is 73.1 cm³/mol. The molecule has 18 heavy (non-hydrogen) atoms. The third-order valence-corrected chi connectivity index (χ3v) is 3.07. The standard InChI is InChI=1S/C15H22N2O/c1-4-9-15(2,3)17-11-14(18)13-7-5-12(10-16)6-8-13/h5-8,14,17-18H,4,9,11H2,1-3H3. The molecule has 1 atom stereocenters. The monoisotopic (exact) mass is 246 g/mol. The molecule has 0 saturated heterocycles. The maximum absolute atomic E-state index is 10.1. The van der Waals surface area contributed by atoms with E-state index in [0.717, 1.165) is 18.4 Å². The smallest absolute Gasteiger partial charge is 0.0991 e. The fourth-order valence-corrected chi connectivity index (χ4v) is 1.98. The Morgan fingerprint density at radius 3 is 2.44 bits per heavy atom. The summed E-state index contributed by atoms with van der Waals surface area (Å²) in [7, 11) is 0. The van der Waals surface area contributed by atoms with Crippen LogP contribution in [0.15, 0.2) is 24.3 Å². The zero-order valence-corrected chi connectivity index (χ0v) is 11.4. The van der Waals surface area contributed by atoms with Gasteiger partial charge >= 0.3 is 0 Å². The van der Waals surface area contributed by atoms with Gasteiger partial charge in [0.05, 0.1) is 17.7 Å². The van der Waals surface area contributed by atoms with Gasteiger partial charge in [-0.1, -0.05) is 25.5 Å². The van der Waals surface area contributed by atoms with Gasteiger partial charge in [0, 0.05) is 12.1 Å². The quantitative estimate of drug-likeness (QED) is 0.811. The summed E-state index contributed by atoms with van der Waals surface area (Å²) < 4.78 is 0. The van der Waals surface area contributed by atoms with Crippen molar-refractivity contribution in [2.45, 2.75) is 45.3 Å². The van der Waals surface area contributed by atoms with Crippen molar-refractivity contribution in [1.82, 2.24) is 5.32 Å². The van der Waals surface area contributed by atoms with E-state index in [-0.39, 0.29) is 5.54 Å². The maximum Gasteiger partial charge on any atom is 0.0991 e.